The van der Waals surface area contributed by atoms with Crippen molar-refractivity contribution in [3.63, 3.8) is 0 Å². The van der Waals surface area contributed by atoms with E-state index in [1.54, 1.807) is 6.92 Å². The molecule has 2 N–H and O–H groups in total. The Morgan fingerprint density at radius 3 is 2.40 bits per heavy atom. The molecule has 47 heavy (non-hydrogen) atoms. The zero-order chi connectivity index (χ0) is 33.2. The van der Waals surface area contributed by atoms with E-state index in [0.717, 1.165) is 58.6 Å². The number of pyridine rings is 1. The van der Waals surface area contributed by atoms with Crippen molar-refractivity contribution in [2.24, 2.45) is 0 Å². The number of hydrogen-bond acceptors (Lipinski definition) is 8. The number of aliphatic hydroxyl groups is 1. The van der Waals surface area contributed by atoms with Crippen LogP contribution in [0.25, 0.3) is 11.1 Å². The largest absolute Gasteiger partial charge is 0.453 e. The second-order valence-corrected chi connectivity index (χ2v) is 11.9. The fourth-order valence-electron chi connectivity index (χ4n) is 5.73. The molecule has 3 aromatic carbocycles. The smallest absolute Gasteiger partial charge is 0.303 e. The maximum Gasteiger partial charge on any atom is 0.303 e. The molecule has 4 atom stereocenters. The van der Waals surface area contributed by atoms with Crippen molar-refractivity contribution in [2.75, 3.05) is 20.1 Å². The first-order chi connectivity index (χ1) is 22.8. The van der Waals surface area contributed by atoms with E-state index in [0.29, 0.717) is 13.0 Å². The number of esters is 1. The Morgan fingerprint density at radius 2 is 1.70 bits per heavy atom. The molecule has 246 valence electrons. The summed E-state index contributed by atoms with van der Waals surface area (Å²) in [7, 11) is 2.10. The van der Waals surface area contributed by atoms with Crippen molar-refractivity contribution in [3.8, 4) is 11.1 Å². The van der Waals surface area contributed by atoms with E-state index in [2.05, 4.69) is 22.2 Å². The van der Waals surface area contributed by atoms with E-state index in [1.165, 1.54) is 6.92 Å². The molecule has 0 bridgehead atoms. The predicted octanol–water partition coefficient (Wildman–Crippen LogP) is 5.53. The standard InChI is InChI=1S/C38H43N3O6/c1-26(45-27(2)43)37(44)40-23-32-8-4-5-10-35(32)29-15-17-31(18-16-29)38-46-34(24-41(3)21-19-33-9-6-7-20-39-33)22-36(47-38)30-13-11-28(25-42)12-14-30/h4-18,20,26,34,36,38,42H,19,21-25H2,1-3H3,(H,40,44)/t26-,34-,36+,38+/m0/s1. The minimum absolute atomic E-state index is 0.00349. The van der Waals surface area contributed by atoms with Gasteiger partial charge in [-0.15, -0.1) is 0 Å². The van der Waals surface area contributed by atoms with Crippen LogP contribution in [-0.2, 0) is 43.4 Å². The van der Waals surface area contributed by atoms with Gasteiger partial charge >= 0.3 is 5.97 Å². The molecule has 2 heterocycles. The number of likely N-dealkylation sites (N-methyl/N-ethyl adjacent to an activating group) is 1. The summed E-state index contributed by atoms with van der Waals surface area (Å²) in [6.07, 6.45) is 1.72. The summed E-state index contributed by atoms with van der Waals surface area (Å²) in [5, 5.41) is 12.4. The van der Waals surface area contributed by atoms with Crippen molar-refractivity contribution in [3.05, 3.63) is 125 Å². The number of hydrogen-bond donors (Lipinski definition) is 2. The van der Waals surface area contributed by atoms with Crippen LogP contribution in [-0.4, -0.2) is 59.2 Å². The molecular formula is C38H43N3O6. The molecule has 9 nitrogen and oxygen atoms in total. The van der Waals surface area contributed by atoms with Crippen molar-refractivity contribution in [1.29, 1.82) is 0 Å². The second-order valence-electron chi connectivity index (χ2n) is 11.9. The molecule has 5 rings (SSSR count). The lowest BCUT2D eigenvalue weighted by Crippen LogP contribution is -2.38. The lowest BCUT2D eigenvalue weighted by molar-refractivity contribution is -0.252. The number of carbonyl (C=O) groups excluding carboxylic acids is 2. The average Bonchev–Trinajstić information content (AvgIpc) is 3.10. The summed E-state index contributed by atoms with van der Waals surface area (Å²) in [5.74, 6) is -0.849. The maximum absolute atomic E-state index is 12.4. The van der Waals surface area contributed by atoms with Gasteiger partial charge in [0.1, 0.15) is 0 Å². The molecule has 1 aliphatic rings. The Bertz CT molecular complexity index is 1600. The summed E-state index contributed by atoms with van der Waals surface area (Å²) in [6, 6.07) is 29.9. The van der Waals surface area contributed by atoms with Gasteiger partial charge in [0.25, 0.3) is 5.91 Å². The fraction of sp³-hybridized carbons (Fsp3) is 0.342. The zero-order valence-corrected chi connectivity index (χ0v) is 27.2. The number of benzene rings is 3. The fourth-order valence-corrected chi connectivity index (χ4v) is 5.73. The number of carbonyl (C=O) groups is 2. The molecular weight excluding hydrogens is 594 g/mol. The molecule has 1 amide bonds. The van der Waals surface area contributed by atoms with E-state index in [4.69, 9.17) is 14.2 Å². The molecule has 1 aromatic heterocycles. The molecule has 1 saturated heterocycles. The summed E-state index contributed by atoms with van der Waals surface area (Å²) in [6.45, 7) is 4.72. The van der Waals surface area contributed by atoms with Crippen molar-refractivity contribution >= 4 is 11.9 Å². The van der Waals surface area contributed by atoms with Crippen LogP contribution in [0.2, 0.25) is 0 Å². The minimum Gasteiger partial charge on any atom is -0.453 e. The lowest BCUT2D eigenvalue weighted by Gasteiger charge is -2.38. The minimum atomic E-state index is -0.865. The third kappa shape index (κ3) is 9.56. The third-order valence-corrected chi connectivity index (χ3v) is 8.28. The van der Waals surface area contributed by atoms with E-state index < -0.39 is 18.4 Å². The molecule has 1 fully saturated rings. The first-order valence-corrected chi connectivity index (χ1v) is 16.0. The Hall–Kier alpha value is -4.41. The Kier molecular flexibility index (Phi) is 11.9. The molecule has 0 saturated carbocycles. The van der Waals surface area contributed by atoms with Crippen LogP contribution in [0.15, 0.2) is 97.2 Å². The summed E-state index contributed by atoms with van der Waals surface area (Å²) in [5.41, 5.74) is 6.79. The molecule has 4 aromatic rings. The first kappa shape index (κ1) is 33.9. The predicted molar refractivity (Wildman–Crippen MR) is 179 cm³/mol. The topological polar surface area (TPSA) is 110 Å². The molecule has 0 unspecified atom stereocenters. The SMILES string of the molecule is CC(=O)O[C@@H](C)C(=O)NCc1ccccc1-c1ccc([C@@H]2O[C@H](CN(C)CCc3ccccn3)C[C@H](c3ccc(CO)cc3)O2)cc1. The molecule has 0 radical (unpaired) electrons. The maximum atomic E-state index is 12.4. The monoisotopic (exact) mass is 637 g/mol. The van der Waals surface area contributed by atoms with Crippen molar-refractivity contribution in [2.45, 2.75) is 64.4 Å². The normalized spacial score (nSPS) is 18.4. The van der Waals surface area contributed by atoms with Crippen LogP contribution >= 0.6 is 0 Å². The van der Waals surface area contributed by atoms with Gasteiger partial charge in [-0.2, -0.15) is 0 Å². The van der Waals surface area contributed by atoms with Gasteiger partial charge in [-0.25, -0.2) is 0 Å². The van der Waals surface area contributed by atoms with Crippen LogP contribution in [0.1, 0.15) is 60.6 Å². The van der Waals surface area contributed by atoms with Crippen LogP contribution in [0.3, 0.4) is 0 Å². The van der Waals surface area contributed by atoms with E-state index in [9.17, 15) is 14.7 Å². The van der Waals surface area contributed by atoms with Crippen molar-refractivity contribution < 1.29 is 28.9 Å². The van der Waals surface area contributed by atoms with Gasteiger partial charge in [0.05, 0.1) is 18.8 Å². The van der Waals surface area contributed by atoms with Crippen LogP contribution < -0.4 is 5.32 Å². The number of amides is 1. The second kappa shape index (κ2) is 16.4. The Labute approximate surface area is 276 Å². The van der Waals surface area contributed by atoms with Crippen LogP contribution in [0.4, 0.5) is 0 Å². The quantitative estimate of drug-likeness (QED) is 0.184. The third-order valence-electron chi connectivity index (χ3n) is 8.28. The number of ether oxygens (including phenoxy) is 3. The van der Waals surface area contributed by atoms with Crippen LogP contribution in [0, 0.1) is 0 Å². The number of nitrogens with one attached hydrogen (secondary N) is 1. The highest BCUT2D eigenvalue weighted by Crippen LogP contribution is 2.38. The first-order valence-electron chi connectivity index (χ1n) is 16.0. The van der Waals surface area contributed by atoms with Gasteiger partial charge in [-0.05, 0) is 53.9 Å². The molecule has 0 aliphatic carbocycles. The highest BCUT2D eigenvalue weighted by Gasteiger charge is 2.33. The zero-order valence-electron chi connectivity index (χ0n) is 27.2. The molecule has 9 heteroatoms. The van der Waals surface area contributed by atoms with Gasteiger partial charge in [0.15, 0.2) is 12.4 Å². The van der Waals surface area contributed by atoms with Gasteiger partial charge in [-0.1, -0.05) is 78.9 Å². The van der Waals surface area contributed by atoms with Crippen LogP contribution in [0.5, 0.6) is 0 Å². The highest BCUT2D eigenvalue weighted by molar-refractivity contribution is 5.83. The van der Waals surface area contributed by atoms with E-state index in [1.807, 2.05) is 97.2 Å². The Morgan fingerprint density at radius 1 is 0.979 bits per heavy atom. The summed E-state index contributed by atoms with van der Waals surface area (Å²) < 4.78 is 18.1. The number of aliphatic hydroxyl groups excluding tert-OH is 1. The van der Waals surface area contributed by atoms with E-state index in [-0.39, 0.29) is 24.7 Å². The van der Waals surface area contributed by atoms with Gasteiger partial charge in [0.2, 0.25) is 0 Å². The van der Waals surface area contributed by atoms with Crippen molar-refractivity contribution in [1.82, 2.24) is 15.2 Å². The highest BCUT2D eigenvalue weighted by atomic mass is 16.7. The lowest BCUT2D eigenvalue weighted by atomic mass is 9.97. The molecule has 0 spiro atoms. The summed E-state index contributed by atoms with van der Waals surface area (Å²) in [4.78, 5) is 30.4. The number of rotatable bonds is 13. The summed E-state index contributed by atoms with van der Waals surface area (Å²) >= 11 is 0. The number of aromatic nitrogens is 1. The van der Waals surface area contributed by atoms with Gasteiger partial charge in [0, 0.05) is 56.9 Å². The number of nitrogens with zero attached hydrogens (tertiary/aromatic N) is 2. The molecule has 1 aliphatic heterocycles. The van der Waals surface area contributed by atoms with Gasteiger partial charge in [-0.3, -0.25) is 14.6 Å². The average molecular weight is 638 g/mol. The van der Waals surface area contributed by atoms with Gasteiger partial charge < -0.3 is 29.5 Å². The van der Waals surface area contributed by atoms with E-state index >= 15 is 0 Å². The Balaban J connectivity index is 1.30.